The Labute approximate surface area is 93.1 Å². The summed E-state index contributed by atoms with van der Waals surface area (Å²) in [6, 6.07) is 7.80. The highest BCUT2D eigenvalue weighted by atomic mass is 35.5. The quantitative estimate of drug-likeness (QED) is 0.813. The molecule has 1 heterocycles. The van der Waals surface area contributed by atoms with Gasteiger partial charge in [-0.15, -0.1) is 12.4 Å². The zero-order chi connectivity index (χ0) is 10.1. The summed E-state index contributed by atoms with van der Waals surface area (Å²) in [5.74, 6) is 0.283. The normalized spacial score (nSPS) is 9.73. The van der Waals surface area contributed by atoms with Gasteiger partial charge in [0.1, 0.15) is 11.6 Å². The number of halogens is 2. The summed E-state index contributed by atoms with van der Waals surface area (Å²) in [7, 11) is 0. The lowest BCUT2D eigenvalue weighted by Gasteiger charge is -2.02. The first-order chi connectivity index (χ1) is 6.66. The number of nitrogens with zero attached hydrogens (tertiary/aromatic N) is 2. The van der Waals surface area contributed by atoms with Crippen molar-refractivity contribution in [3.05, 3.63) is 41.8 Å². The molecule has 0 aliphatic carbocycles. The molecule has 1 aromatic carbocycles. The number of nitrogen functional groups attached to an aromatic ring is 1. The molecule has 80 valence electrons. The summed E-state index contributed by atoms with van der Waals surface area (Å²) in [6.45, 7) is 1.86. The Kier molecular flexibility index (Phi) is 3.31. The number of aryl methyl sites for hydroxylation is 1. The molecule has 2 N–H and O–H groups in total. The number of rotatable bonds is 1. The molecule has 0 unspecified atom stereocenters. The largest absolute Gasteiger partial charge is 0.384 e. The predicted octanol–water partition coefficient (Wildman–Crippen LogP) is 2.32. The van der Waals surface area contributed by atoms with Crippen LogP contribution in [0.25, 0.3) is 5.69 Å². The van der Waals surface area contributed by atoms with Crippen LogP contribution in [0.2, 0.25) is 0 Å². The van der Waals surface area contributed by atoms with Crippen LogP contribution in [0.5, 0.6) is 0 Å². The standard InChI is InChI=1S/C10H10FN3.ClH/c1-7-6-10(12)14(13-7)9-4-2-8(11)3-5-9;/h2-6H,12H2,1H3;1H. The Bertz CT molecular complexity index is 450. The lowest BCUT2D eigenvalue weighted by molar-refractivity contribution is 0.627. The lowest BCUT2D eigenvalue weighted by Crippen LogP contribution is -2.01. The van der Waals surface area contributed by atoms with Gasteiger partial charge in [-0.05, 0) is 31.2 Å². The van der Waals surface area contributed by atoms with Crippen molar-refractivity contribution in [2.75, 3.05) is 5.73 Å². The smallest absolute Gasteiger partial charge is 0.127 e. The average molecular weight is 228 g/mol. The van der Waals surface area contributed by atoms with E-state index in [0.29, 0.717) is 5.82 Å². The molecular weight excluding hydrogens is 217 g/mol. The molecule has 3 nitrogen and oxygen atoms in total. The number of hydrogen-bond acceptors (Lipinski definition) is 2. The Morgan fingerprint density at radius 2 is 1.87 bits per heavy atom. The molecule has 0 atom stereocenters. The highest BCUT2D eigenvalue weighted by molar-refractivity contribution is 5.85. The molecule has 0 aliphatic rings. The molecule has 2 aromatic rings. The van der Waals surface area contributed by atoms with Crippen LogP contribution in [-0.2, 0) is 0 Å². The molecule has 0 aliphatic heterocycles. The number of aromatic nitrogens is 2. The van der Waals surface area contributed by atoms with Gasteiger partial charge in [0.05, 0.1) is 11.4 Å². The van der Waals surface area contributed by atoms with E-state index in [1.807, 2.05) is 6.92 Å². The van der Waals surface area contributed by atoms with E-state index in [1.54, 1.807) is 22.9 Å². The fourth-order valence-electron chi connectivity index (χ4n) is 1.31. The Hall–Kier alpha value is -1.55. The monoisotopic (exact) mass is 227 g/mol. The van der Waals surface area contributed by atoms with Crippen LogP contribution in [0.4, 0.5) is 10.2 Å². The Morgan fingerprint density at radius 3 is 2.33 bits per heavy atom. The summed E-state index contributed by atoms with van der Waals surface area (Å²) in [5.41, 5.74) is 7.32. The van der Waals surface area contributed by atoms with E-state index in [2.05, 4.69) is 5.10 Å². The second-order valence-electron chi connectivity index (χ2n) is 3.10. The summed E-state index contributed by atoms with van der Waals surface area (Å²) in [6.07, 6.45) is 0. The van der Waals surface area contributed by atoms with Gasteiger partial charge < -0.3 is 5.73 Å². The molecule has 0 fully saturated rings. The third-order valence-electron chi connectivity index (χ3n) is 1.93. The first-order valence-corrected chi connectivity index (χ1v) is 4.25. The van der Waals surface area contributed by atoms with Crippen LogP contribution in [0, 0.1) is 12.7 Å². The zero-order valence-corrected chi connectivity index (χ0v) is 8.96. The Balaban J connectivity index is 0.00000112. The average Bonchev–Trinajstić information content (AvgIpc) is 2.47. The van der Waals surface area contributed by atoms with E-state index in [-0.39, 0.29) is 18.2 Å². The van der Waals surface area contributed by atoms with Gasteiger partial charge in [-0.25, -0.2) is 9.07 Å². The predicted molar refractivity (Wildman–Crippen MR) is 59.9 cm³/mol. The highest BCUT2D eigenvalue weighted by Crippen LogP contribution is 2.14. The third-order valence-corrected chi connectivity index (χ3v) is 1.93. The van der Waals surface area contributed by atoms with Crippen LogP contribution in [0.1, 0.15) is 5.69 Å². The van der Waals surface area contributed by atoms with Gasteiger partial charge in [0.25, 0.3) is 0 Å². The van der Waals surface area contributed by atoms with Crippen LogP contribution in [0.3, 0.4) is 0 Å². The number of hydrogen-bond donors (Lipinski definition) is 1. The minimum absolute atomic E-state index is 0. The van der Waals surface area contributed by atoms with E-state index < -0.39 is 0 Å². The fourth-order valence-corrected chi connectivity index (χ4v) is 1.31. The Morgan fingerprint density at radius 1 is 1.27 bits per heavy atom. The van der Waals surface area contributed by atoms with E-state index >= 15 is 0 Å². The summed E-state index contributed by atoms with van der Waals surface area (Å²) in [4.78, 5) is 0. The second-order valence-corrected chi connectivity index (χ2v) is 3.10. The molecule has 5 heteroatoms. The molecule has 0 amide bonds. The minimum Gasteiger partial charge on any atom is -0.384 e. The van der Waals surface area contributed by atoms with E-state index in [9.17, 15) is 4.39 Å². The van der Waals surface area contributed by atoms with Gasteiger partial charge in [-0.1, -0.05) is 0 Å². The van der Waals surface area contributed by atoms with Gasteiger partial charge in [0.2, 0.25) is 0 Å². The first-order valence-electron chi connectivity index (χ1n) is 4.25. The van der Waals surface area contributed by atoms with Crippen LogP contribution in [0.15, 0.2) is 30.3 Å². The van der Waals surface area contributed by atoms with Gasteiger partial charge in [-0.3, -0.25) is 0 Å². The highest BCUT2D eigenvalue weighted by Gasteiger charge is 2.03. The van der Waals surface area contributed by atoms with Crippen molar-refractivity contribution in [2.24, 2.45) is 0 Å². The van der Waals surface area contributed by atoms with Crippen molar-refractivity contribution in [3.63, 3.8) is 0 Å². The lowest BCUT2D eigenvalue weighted by atomic mass is 10.3. The molecule has 0 radical (unpaired) electrons. The van der Waals surface area contributed by atoms with E-state index in [1.165, 1.54) is 12.1 Å². The van der Waals surface area contributed by atoms with Crippen molar-refractivity contribution in [1.82, 2.24) is 9.78 Å². The van der Waals surface area contributed by atoms with Crippen LogP contribution < -0.4 is 5.73 Å². The van der Waals surface area contributed by atoms with Crippen LogP contribution >= 0.6 is 12.4 Å². The number of anilines is 1. The van der Waals surface area contributed by atoms with Crippen molar-refractivity contribution in [3.8, 4) is 5.69 Å². The SMILES string of the molecule is Cc1cc(N)n(-c2ccc(F)cc2)n1.Cl. The van der Waals surface area contributed by atoms with Gasteiger partial charge in [0, 0.05) is 6.07 Å². The maximum absolute atomic E-state index is 12.6. The van der Waals surface area contributed by atoms with Crippen molar-refractivity contribution >= 4 is 18.2 Å². The van der Waals surface area contributed by atoms with Gasteiger partial charge in [0.15, 0.2) is 0 Å². The zero-order valence-electron chi connectivity index (χ0n) is 8.14. The van der Waals surface area contributed by atoms with Crippen molar-refractivity contribution < 1.29 is 4.39 Å². The summed E-state index contributed by atoms with van der Waals surface area (Å²) >= 11 is 0. The minimum atomic E-state index is -0.267. The summed E-state index contributed by atoms with van der Waals surface area (Å²) < 4.78 is 14.2. The third kappa shape index (κ3) is 2.27. The molecule has 2 rings (SSSR count). The molecule has 0 bridgehead atoms. The maximum Gasteiger partial charge on any atom is 0.127 e. The second kappa shape index (κ2) is 4.31. The summed E-state index contributed by atoms with van der Waals surface area (Å²) in [5, 5.41) is 4.18. The molecule has 1 aromatic heterocycles. The first kappa shape index (κ1) is 11.5. The van der Waals surface area contributed by atoms with E-state index in [4.69, 9.17) is 5.73 Å². The molecule has 0 saturated heterocycles. The van der Waals surface area contributed by atoms with Crippen molar-refractivity contribution in [1.29, 1.82) is 0 Å². The molecule has 0 spiro atoms. The molecule has 0 saturated carbocycles. The van der Waals surface area contributed by atoms with Gasteiger partial charge in [-0.2, -0.15) is 5.10 Å². The number of benzene rings is 1. The molecule has 15 heavy (non-hydrogen) atoms. The fraction of sp³-hybridized carbons (Fsp3) is 0.100. The molecular formula is C10H11ClFN3. The van der Waals surface area contributed by atoms with E-state index in [0.717, 1.165) is 11.4 Å². The van der Waals surface area contributed by atoms with Gasteiger partial charge >= 0.3 is 0 Å². The van der Waals surface area contributed by atoms with Crippen LogP contribution in [-0.4, -0.2) is 9.78 Å². The maximum atomic E-state index is 12.6. The van der Waals surface area contributed by atoms with Crippen molar-refractivity contribution in [2.45, 2.75) is 6.92 Å². The number of nitrogens with two attached hydrogens (primary N) is 1. The topological polar surface area (TPSA) is 43.8 Å².